The molecular formula is C24H26N3O2+. The van der Waals surface area contributed by atoms with E-state index in [1.54, 1.807) is 4.68 Å². The van der Waals surface area contributed by atoms with Crippen molar-refractivity contribution < 1.29 is 14.2 Å². The van der Waals surface area contributed by atoms with Gasteiger partial charge < -0.3 is 9.64 Å². The molecule has 0 N–H and O–H groups in total. The minimum absolute atomic E-state index is 0.146. The first-order valence-corrected chi connectivity index (χ1v) is 10.3. The van der Waals surface area contributed by atoms with E-state index in [4.69, 9.17) is 4.74 Å². The number of ether oxygens (including phenoxy) is 1. The average molecular weight is 388 g/mol. The molecule has 2 aromatic rings. The normalized spacial score (nSPS) is 20.7. The molecule has 0 aromatic heterocycles. The number of nitrogens with zero attached hydrogens (tertiary/aromatic N) is 3. The Bertz CT molecular complexity index is 1020. The average Bonchev–Trinajstić information content (AvgIpc) is 3.30. The van der Waals surface area contributed by atoms with Crippen LogP contribution in [0.1, 0.15) is 51.0 Å². The lowest BCUT2D eigenvalue weighted by molar-refractivity contribution is -0.533. The molecule has 1 amide bonds. The van der Waals surface area contributed by atoms with Crippen molar-refractivity contribution in [2.45, 2.75) is 38.8 Å². The predicted octanol–water partition coefficient (Wildman–Crippen LogP) is 3.15. The van der Waals surface area contributed by atoms with Crippen molar-refractivity contribution in [3.05, 3.63) is 69.8 Å². The number of amides is 1. The van der Waals surface area contributed by atoms with Gasteiger partial charge in [-0.05, 0) is 54.5 Å². The molecule has 5 rings (SSSR count). The summed E-state index contributed by atoms with van der Waals surface area (Å²) in [5.74, 6) is 0.146. The Morgan fingerprint density at radius 1 is 1.28 bits per heavy atom. The zero-order valence-corrected chi connectivity index (χ0v) is 16.9. The van der Waals surface area contributed by atoms with E-state index in [-0.39, 0.29) is 12.0 Å². The quantitative estimate of drug-likeness (QED) is 0.739. The van der Waals surface area contributed by atoms with Gasteiger partial charge in [0.1, 0.15) is 0 Å². The van der Waals surface area contributed by atoms with Gasteiger partial charge in [0.2, 0.25) is 6.54 Å². The zero-order chi connectivity index (χ0) is 20.0. The van der Waals surface area contributed by atoms with Gasteiger partial charge in [0, 0.05) is 35.9 Å². The molecule has 1 saturated heterocycles. The van der Waals surface area contributed by atoms with E-state index in [2.05, 4.69) is 55.1 Å². The van der Waals surface area contributed by atoms with Crippen LogP contribution in [0.25, 0.3) is 0 Å². The molecule has 148 valence electrons. The van der Waals surface area contributed by atoms with E-state index in [1.165, 1.54) is 16.7 Å². The van der Waals surface area contributed by atoms with Gasteiger partial charge >= 0.3 is 0 Å². The van der Waals surface area contributed by atoms with Crippen LogP contribution >= 0.6 is 0 Å². The van der Waals surface area contributed by atoms with E-state index in [9.17, 15) is 4.79 Å². The lowest BCUT2D eigenvalue weighted by Crippen LogP contribution is -2.32. The highest BCUT2D eigenvalue weighted by Gasteiger charge is 2.31. The van der Waals surface area contributed by atoms with E-state index in [1.807, 2.05) is 4.90 Å². The molecule has 3 aliphatic rings. The molecule has 3 aliphatic heterocycles. The number of benzene rings is 2. The molecule has 0 radical (unpaired) electrons. The first-order chi connectivity index (χ1) is 14.1. The van der Waals surface area contributed by atoms with Crippen LogP contribution < -0.4 is 0 Å². The fourth-order valence-corrected chi connectivity index (χ4v) is 4.48. The van der Waals surface area contributed by atoms with Gasteiger partial charge in [-0.1, -0.05) is 35.0 Å². The molecule has 2 aromatic carbocycles. The van der Waals surface area contributed by atoms with Crippen LogP contribution in [0.15, 0.2) is 41.5 Å². The highest BCUT2D eigenvalue weighted by molar-refractivity contribution is 6.02. The summed E-state index contributed by atoms with van der Waals surface area (Å²) in [5, 5.41) is 4.30. The minimum atomic E-state index is 0.146. The predicted molar refractivity (Wildman–Crippen MR) is 113 cm³/mol. The first-order valence-electron chi connectivity index (χ1n) is 10.3. The summed E-state index contributed by atoms with van der Waals surface area (Å²) < 4.78 is 7.42. The highest BCUT2D eigenvalue weighted by atomic mass is 16.5. The molecule has 5 nitrogen and oxygen atoms in total. The monoisotopic (exact) mass is 388 g/mol. The molecule has 1 atom stereocenters. The van der Waals surface area contributed by atoms with Crippen LogP contribution in [0.2, 0.25) is 0 Å². The lowest BCUT2D eigenvalue weighted by Gasteiger charge is -2.19. The van der Waals surface area contributed by atoms with Gasteiger partial charge in [-0.15, -0.1) is 0 Å². The maximum absolute atomic E-state index is 12.9. The Hall–Kier alpha value is -2.79. The summed E-state index contributed by atoms with van der Waals surface area (Å²) >= 11 is 0. The second-order valence-electron chi connectivity index (χ2n) is 8.34. The van der Waals surface area contributed by atoms with Gasteiger partial charge in [-0.25, -0.2) is 0 Å². The molecule has 0 spiro atoms. The van der Waals surface area contributed by atoms with Crippen molar-refractivity contribution in [3.63, 3.8) is 0 Å². The van der Waals surface area contributed by atoms with Crippen LogP contribution in [-0.2, 0) is 17.7 Å². The number of fused-ring (bicyclic) bond motifs is 1. The molecule has 5 heteroatoms. The van der Waals surface area contributed by atoms with Gasteiger partial charge in [0.15, 0.2) is 12.4 Å². The number of rotatable bonds is 5. The van der Waals surface area contributed by atoms with Gasteiger partial charge in [0.05, 0.1) is 6.10 Å². The molecule has 0 bridgehead atoms. The van der Waals surface area contributed by atoms with E-state index in [0.717, 1.165) is 54.8 Å². The van der Waals surface area contributed by atoms with Gasteiger partial charge in [0.25, 0.3) is 5.91 Å². The number of carbonyl (C=O) groups excluding carboxylic acids is 1. The van der Waals surface area contributed by atoms with Crippen LogP contribution in [0.5, 0.6) is 0 Å². The number of hydrogen-bond donors (Lipinski definition) is 0. The molecule has 29 heavy (non-hydrogen) atoms. The third-order valence-electron chi connectivity index (χ3n) is 6.16. The van der Waals surface area contributed by atoms with Crippen LogP contribution in [0, 0.1) is 6.92 Å². The Labute approximate surface area is 171 Å². The van der Waals surface area contributed by atoms with Crippen molar-refractivity contribution in [1.29, 1.82) is 0 Å². The second-order valence-corrected chi connectivity index (χ2v) is 8.34. The van der Waals surface area contributed by atoms with E-state index < -0.39 is 0 Å². The highest BCUT2D eigenvalue weighted by Crippen LogP contribution is 2.29. The maximum Gasteiger partial charge on any atom is 0.254 e. The minimum Gasteiger partial charge on any atom is -0.376 e. The first kappa shape index (κ1) is 18.3. The molecular weight excluding hydrogens is 362 g/mol. The van der Waals surface area contributed by atoms with Crippen molar-refractivity contribution >= 4 is 18.3 Å². The maximum atomic E-state index is 12.9. The third kappa shape index (κ3) is 3.51. The SMILES string of the molecule is C=[N+]1CC(c2ccc(Cc3cc4c(cc3C)CN(CC3CCCO3)C4=O)cc2)=N1. The smallest absolute Gasteiger partial charge is 0.254 e. The number of hydrazone groups is 1. The summed E-state index contributed by atoms with van der Waals surface area (Å²) in [6.07, 6.45) is 3.18. The number of aryl methyl sites for hydroxylation is 1. The van der Waals surface area contributed by atoms with Gasteiger partial charge in [-0.3, -0.25) is 4.79 Å². The van der Waals surface area contributed by atoms with Gasteiger partial charge in [-0.2, -0.15) is 0 Å². The van der Waals surface area contributed by atoms with Crippen molar-refractivity contribution in [2.24, 2.45) is 5.10 Å². The van der Waals surface area contributed by atoms with E-state index >= 15 is 0 Å². The fraction of sp³-hybridized carbons (Fsp3) is 0.375. The van der Waals surface area contributed by atoms with Crippen molar-refractivity contribution in [2.75, 3.05) is 19.7 Å². The summed E-state index contributed by atoms with van der Waals surface area (Å²) in [7, 11) is 0. The topological polar surface area (TPSA) is 44.9 Å². The molecule has 3 heterocycles. The Kier molecular flexibility index (Phi) is 4.55. The van der Waals surface area contributed by atoms with Crippen molar-refractivity contribution in [1.82, 2.24) is 4.90 Å². The van der Waals surface area contributed by atoms with Crippen LogP contribution in [0.4, 0.5) is 0 Å². The largest absolute Gasteiger partial charge is 0.376 e. The van der Waals surface area contributed by atoms with Crippen molar-refractivity contribution in [3.8, 4) is 0 Å². The summed E-state index contributed by atoms with van der Waals surface area (Å²) in [6.45, 7) is 8.95. The lowest BCUT2D eigenvalue weighted by atomic mass is 9.95. The Morgan fingerprint density at radius 3 is 2.76 bits per heavy atom. The molecule has 1 unspecified atom stereocenters. The Balaban J connectivity index is 1.32. The second kappa shape index (κ2) is 7.23. The standard InChI is InChI=1S/C24H26N3O2/c1-16-10-20-13-27(14-21-4-3-9-29-21)24(28)22(20)12-19(16)11-17-5-7-18(8-6-17)23-15-26(2)25-23/h5-8,10,12,21H,2-4,9,11,13-15H2,1H3/q+1. The zero-order valence-electron chi connectivity index (χ0n) is 16.9. The third-order valence-corrected chi connectivity index (χ3v) is 6.16. The summed E-state index contributed by atoms with van der Waals surface area (Å²) in [4.78, 5) is 14.9. The molecule has 1 fully saturated rings. The summed E-state index contributed by atoms with van der Waals surface area (Å²) in [5.41, 5.74) is 7.94. The number of carbonyl (C=O) groups is 1. The van der Waals surface area contributed by atoms with E-state index in [0.29, 0.717) is 13.1 Å². The Morgan fingerprint density at radius 2 is 2.07 bits per heavy atom. The van der Waals surface area contributed by atoms with Crippen LogP contribution in [-0.4, -0.2) is 53.7 Å². The molecule has 0 aliphatic carbocycles. The van der Waals surface area contributed by atoms with Crippen LogP contribution in [0.3, 0.4) is 0 Å². The fourth-order valence-electron chi connectivity index (χ4n) is 4.48. The summed E-state index contributed by atoms with van der Waals surface area (Å²) in [6, 6.07) is 12.9. The molecule has 0 saturated carbocycles. The number of hydrogen-bond acceptors (Lipinski definition) is 3.